The van der Waals surface area contributed by atoms with Gasteiger partial charge in [-0.2, -0.15) is 5.10 Å². The minimum absolute atomic E-state index is 0.183. The van der Waals surface area contributed by atoms with Crippen LogP contribution in [-0.2, 0) is 0 Å². The Kier molecular flexibility index (Phi) is 5.52. The van der Waals surface area contributed by atoms with E-state index in [0.717, 1.165) is 16.8 Å². The number of nitrogens with one attached hydrogen (secondary N) is 2. The quantitative estimate of drug-likeness (QED) is 0.463. The molecule has 0 heterocycles. The van der Waals surface area contributed by atoms with Gasteiger partial charge in [0.25, 0.3) is 5.91 Å². The van der Waals surface area contributed by atoms with Crippen LogP contribution in [0.15, 0.2) is 71.8 Å². The summed E-state index contributed by atoms with van der Waals surface area (Å²) in [6.07, 6.45) is 1.53. The molecule has 1 amide bonds. The fraction of sp³-hybridized carbons (Fsp3) is 0.0909. The number of phenols is 1. The summed E-state index contributed by atoms with van der Waals surface area (Å²) in [6.45, 7) is 4.10. The first-order valence-electron chi connectivity index (χ1n) is 8.59. The summed E-state index contributed by atoms with van der Waals surface area (Å²) in [5.41, 5.74) is 7.81. The average molecular weight is 359 g/mol. The Labute approximate surface area is 158 Å². The summed E-state index contributed by atoms with van der Waals surface area (Å²) in [6, 6.07) is 19.9. The van der Waals surface area contributed by atoms with E-state index in [1.807, 2.05) is 37.3 Å². The molecule has 5 heteroatoms. The van der Waals surface area contributed by atoms with Gasteiger partial charge in [-0.05, 0) is 73.0 Å². The number of aryl methyl sites for hydroxylation is 1. The van der Waals surface area contributed by atoms with Crippen molar-refractivity contribution in [2.45, 2.75) is 13.8 Å². The number of carbonyl (C=O) groups is 1. The lowest BCUT2D eigenvalue weighted by Gasteiger charge is -2.14. The van der Waals surface area contributed by atoms with Gasteiger partial charge in [-0.25, -0.2) is 5.43 Å². The summed E-state index contributed by atoms with van der Waals surface area (Å²) in [5, 5.41) is 16.6. The van der Waals surface area contributed by atoms with Crippen LogP contribution in [0.25, 0.3) is 0 Å². The molecule has 27 heavy (non-hydrogen) atoms. The molecule has 3 aromatic carbocycles. The summed E-state index contributed by atoms with van der Waals surface area (Å²) in [7, 11) is 0. The molecule has 0 saturated carbocycles. The Morgan fingerprint density at radius 1 is 0.926 bits per heavy atom. The van der Waals surface area contributed by atoms with E-state index in [9.17, 15) is 9.90 Å². The van der Waals surface area contributed by atoms with Crippen molar-refractivity contribution in [1.29, 1.82) is 0 Å². The van der Waals surface area contributed by atoms with Crippen molar-refractivity contribution in [1.82, 2.24) is 5.43 Å². The van der Waals surface area contributed by atoms with Crippen LogP contribution in [0.5, 0.6) is 5.75 Å². The number of benzene rings is 3. The van der Waals surface area contributed by atoms with Crippen molar-refractivity contribution in [2.75, 3.05) is 5.32 Å². The molecule has 0 aromatic heterocycles. The van der Waals surface area contributed by atoms with Crippen molar-refractivity contribution in [2.24, 2.45) is 5.10 Å². The highest BCUT2D eigenvalue weighted by atomic mass is 16.3. The van der Waals surface area contributed by atoms with Crippen LogP contribution in [0.4, 0.5) is 11.4 Å². The normalized spacial score (nSPS) is 10.7. The molecule has 0 spiro atoms. The highest BCUT2D eigenvalue weighted by Gasteiger charge is 2.11. The maximum absolute atomic E-state index is 12.5. The minimum Gasteiger partial charge on any atom is -0.508 e. The van der Waals surface area contributed by atoms with Crippen LogP contribution in [0.1, 0.15) is 27.0 Å². The lowest BCUT2D eigenvalue weighted by atomic mass is 10.1. The Morgan fingerprint density at radius 2 is 1.63 bits per heavy atom. The second-order valence-corrected chi connectivity index (χ2v) is 6.21. The molecule has 0 aliphatic carbocycles. The topological polar surface area (TPSA) is 73.7 Å². The first kappa shape index (κ1) is 18.2. The third kappa shape index (κ3) is 4.52. The van der Waals surface area contributed by atoms with Gasteiger partial charge in [-0.3, -0.25) is 4.79 Å². The maximum Gasteiger partial charge on any atom is 0.273 e. The van der Waals surface area contributed by atoms with E-state index in [-0.39, 0.29) is 11.7 Å². The monoisotopic (exact) mass is 359 g/mol. The molecule has 0 aliphatic rings. The molecule has 3 rings (SSSR count). The smallest absolute Gasteiger partial charge is 0.273 e. The molecule has 0 radical (unpaired) electrons. The molecule has 0 fully saturated rings. The fourth-order valence-electron chi connectivity index (χ4n) is 2.61. The second-order valence-electron chi connectivity index (χ2n) is 6.21. The average Bonchev–Trinajstić information content (AvgIpc) is 2.67. The number of rotatable bonds is 5. The summed E-state index contributed by atoms with van der Waals surface area (Å²) in [4.78, 5) is 12.5. The largest absolute Gasteiger partial charge is 0.508 e. The number of hydrogen-bond donors (Lipinski definition) is 3. The molecule has 136 valence electrons. The molecule has 0 unspecified atom stereocenters. The molecule has 0 atom stereocenters. The van der Waals surface area contributed by atoms with E-state index < -0.39 is 0 Å². The van der Waals surface area contributed by atoms with Gasteiger partial charge in [-0.15, -0.1) is 0 Å². The van der Waals surface area contributed by atoms with Crippen LogP contribution >= 0.6 is 0 Å². The molecular formula is C22H21N3O2. The number of nitrogens with zero attached hydrogens (tertiary/aromatic N) is 1. The van der Waals surface area contributed by atoms with Crippen molar-refractivity contribution in [3.63, 3.8) is 0 Å². The molecule has 0 saturated heterocycles. The highest BCUT2D eigenvalue weighted by molar-refractivity contribution is 6.00. The zero-order chi connectivity index (χ0) is 19.2. The molecule has 3 N–H and O–H groups in total. The molecular weight excluding hydrogens is 338 g/mol. The van der Waals surface area contributed by atoms with Gasteiger partial charge >= 0.3 is 0 Å². The predicted octanol–water partition coefficient (Wildman–Crippen LogP) is 4.52. The molecule has 5 nitrogen and oxygen atoms in total. The number of aromatic hydroxyl groups is 1. The van der Waals surface area contributed by atoms with Crippen LogP contribution in [-0.4, -0.2) is 17.2 Å². The number of amides is 1. The van der Waals surface area contributed by atoms with Crippen molar-refractivity contribution >= 4 is 23.5 Å². The lowest BCUT2D eigenvalue weighted by molar-refractivity contribution is 0.0956. The van der Waals surface area contributed by atoms with Crippen LogP contribution in [0.2, 0.25) is 0 Å². The van der Waals surface area contributed by atoms with Gasteiger partial charge in [0.05, 0.1) is 17.5 Å². The second kappa shape index (κ2) is 8.19. The van der Waals surface area contributed by atoms with E-state index in [1.54, 1.807) is 30.3 Å². The van der Waals surface area contributed by atoms with E-state index in [1.165, 1.54) is 11.8 Å². The number of carbonyl (C=O) groups excluding carboxylic acids is 1. The summed E-state index contributed by atoms with van der Waals surface area (Å²) in [5.74, 6) is -0.124. The number of anilines is 2. The zero-order valence-corrected chi connectivity index (χ0v) is 15.2. The van der Waals surface area contributed by atoms with Crippen LogP contribution in [0, 0.1) is 13.8 Å². The summed E-state index contributed by atoms with van der Waals surface area (Å²) >= 11 is 0. The fourth-order valence-corrected chi connectivity index (χ4v) is 2.61. The van der Waals surface area contributed by atoms with Gasteiger partial charge < -0.3 is 10.4 Å². The van der Waals surface area contributed by atoms with E-state index in [0.29, 0.717) is 11.3 Å². The van der Waals surface area contributed by atoms with Crippen LogP contribution < -0.4 is 10.7 Å². The minimum atomic E-state index is -0.307. The predicted molar refractivity (Wildman–Crippen MR) is 109 cm³/mol. The highest BCUT2D eigenvalue weighted by Crippen LogP contribution is 2.25. The first-order chi connectivity index (χ1) is 13.0. The number of phenolic OH excluding ortho intramolecular Hbond substituents is 1. The van der Waals surface area contributed by atoms with E-state index in [4.69, 9.17) is 0 Å². The van der Waals surface area contributed by atoms with E-state index >= 15 is 0 Å². The standard InChI is InChI=1S/C22H21N3O2/c1-15-6-5-9-20(16(15)2)24-21-8-4-3-7-19(21)22(27)25-23-14-17-10-12-18(26)13-11-17/h3-14,24,26H,1-2H3,(H,25,27)/b23-14+. The van der Waals surface area contributed by atoms with Gasteiger partial charge in [-0.1, -0.05) is 24.3 Å². The van der Waals surface area contributed by atoms with Crippen LogP contribution in [0.3, 0.4) is 0 Å². The maximum atomic E-state index is 12.5. The van der Waals surface area contributed by atoms with Crippen molar-refractivity contribution < 1.29 is 9.90 Å². The van der Waals surface area contributed by atoms with Crippen molar-refractivity contribution in [3.05, 3.63) is 89.0 Å². The molecule has 3 aromatic rings. The zero-order valence-electron chi connectivity index (χ0n) is 15.2. The lowest BCUT2D eigenvalue weighted by Crippen LogP contribution is -2.19. The van der Waals surface area contributed by atoms with Gasteiger partial charge in [0.1, 0.15) is 5.75 Å². The number of hydrogen-bond acceptors (Lipinski definition) is 4. The Hall–Kier alpha value is -3.60. The molecule has 0 aliphatic heterocycles. The number of hydrazone groups is 1. The van der Waals surface area contributed by atoms with Gasteiger partial charge in [0.2, 0.25) is 0 Å². The Balaban J connectivity index is 1.75. The van der Waals surface area contributed by atoms with Gasteiger partial charge in [0, 0.05) is 5.69 Å². The van der Waals surface area contributed by atoms with E-state index in [2.05, 4.69) is 28.8 Å². The Morgan fingerprint density at radius 3 is 2.41 bits per heavy atom. The first-order valence-corrected chi connectivity index (χ1v) is 8.59. The SMILES string of the molecule is Cc1cccc(Nc2ccccc2C(=O)N/N=C/c2ccc(O)cc2)c1C. The third-order valence-electron chi connectivity index (χ3n) is 4.32. The van der Waals surface area contributed by atoms with Gasteiger partial charge in [0.15, 0.2) is 0 Å². The number of para-hydroxylation sites is 1. The van der Waals surface area contributed by atoms with Crippen molar-refractivity contribution in [3.8, 4) is 5.75 Å². The third-order valence-corrected chi connectivity index (χ3v) is 4.32. The Bertz CT molecular complexity index is 979. The molecule has 0 bridgehead atoms. The summed E-state index contributed by atoms with van der Waals surface area (Å²) < 4.78 is 0.